The van der Waals surface area contributed by atoms with E-state index < -0.39 is 0 Å². The van der Waals surface area contributed by atoms with Gasteiger partial charge in [0.1, 0.15) is 17.3 Å². The van der Waals surface area contributed by atoms with E-state index in [0.717, 1.165) is 5.56 Å². The molecule has 1 aromatic heterocycles. The molecule has 0 aliphatic rings. The number of aromatic nitrogens is 1. The van der Waals surface area contributed by atoms with Gasteiger partial charge in [0, 0.05) is 6.54 Å². The molecule has 5 nitrogen and oxygen atoms in total. The second-order valence-corrected chi connectivity index (χ2v) is 6.09. The Morgan fingerprint density at radius 1 is 1.19 bits per heavy atom. The molecule has 0 atom stereocenters. The predicted octanol–water partition coefficient (Wildman–Crippen LogP) is 3.70. The Balaban J connectivity index is 1.61. The van der Waals surface area contributed by atoms with Crippen LogP contribution in [0.1, 0.15) is 17.0 Å². The molecule has 0 bridgehead atoms. The number of benzene rings is 2. The van der Waals surface area contributed by atoms with E-state index in [1.807, 2.05) is 24.3 Å². The molecule has 0 aliphatic heterocycles. The largest absolute Gasteiger partial charge is 0.496 e. The first kappa shape index (κ1) is 18.6. The molecule has 1 amide bonds. The number of aryl methyl sites for hydroxylation is 1. The van der Waals surface area contributed by atoms with Gasteiger partial charge in [0.25, 0.3) is 0 Å². The van der Waals surface area contributed by atoms with Crippen LogP contribution < -0.4 is 10.1 Å². The van der Waals surface area contributed by atoms with Gasteiger partial charge >= 0.3 is 0 Å². The van der Waals surface area contributed by atoms with Crippen LogP contribution in [0.25, 0.3) is 11.5 Å². The topological polar surface area (TPSA) is 64.4 Å². The van der Waals surface area contributed by atoms with E-state index in [4.69, 9.17) is 9.15 Å². The lowest BCUT2D eigenvalue weighted by atomic mass is 10.1. The number of halogens is 1. The first-order valence-electron chi connectivity index (χ1n) is 8.68. The van der Waals surface area contributed by atoms with Crippen LogP contribution in [0.3, 0.4) is 0 Å². The Labute approximate surface area is 157 Å². The van der Waals surface area contributed by atoms with Gasteiger partial charge in [-0.3, -0.25) is 4.79 Å². The standard InChI is InChI=1S/C21H21FN2O3/c1-14-18(24-21(27-14)16-8-4-6-10-19(16)26-2)13-20(25)23-12-11-15-7-3-5-9-17(15)22/h3-10H,11-13H2,1-2H3,(H,23,25). The van der Waals surface area contributed by atoms with Crippen molar-refractivity contribution in [1.29, 1.82) is 0 Å². The Morgan fingerprint density at radius 2 is 1.93 bits per heavy atom. The number of methoxy groups -OCH3 is 1. The Bertz CT molecular complexity index is 937. The Hall–Kier alpha value is -3.15. The monoisotopic (exact) mass is 368 g/mol. The third kappa shape index (κ3) is 4.53. The number of hydrogen-bond donors (Lipinski definition) is 1. The zero-order valence-corrected chi connectivity index (χ0v) is 15.3. The first-order chi connectivity index (χ1) is 13.1. The number of ether oxygens (including phenoxy) is 1. The number of para-hydroxylation sites is 1. The summed E-state index contributed by atoms with van der Waals surface area (Å²) in [4.78, 5) is 16.6. The fraction of sp³-hybridized carbons (Fsp3) is 0.238. The number of amides is 1. The van der Waals surface area contributed by atoms with E-state index in [2.05, 4.69) is 10.3 Å². The zero-order valence-electron chi connectivity index (χ0n) is 15.3. The summed E-state index contributed by atoms with van der Waals surface area (Å²) in [6.45, 7) is 2.13. The van der Waals surface area contributed by atoms with Crippen molar-refractivity contribution in [2.75, 3.05) is 13.7 Å². The van der Waals surface area contributed by atoms with Gasteiger partial charge in [0.2, 0.25) is 11.8 Å². The van der Waals surface area contributed by atoms with Crippen LogP contribution in [-0.2, 0) is 17.6 Å². The number of carbonyl (C=O) groups is 1. The van der Waals surface area contributed by atoms with Crippen LogP contribution >= 0.6 is 0 Å². The van der Waals surface area contributed by atoms with Crippen molar-refractivity contribution >= 4 is 5.91 Å². The third-order valence-corrected chi connectivity index (χ3v) is 4.23. The highest BCUT2D eigenvalue weighted by Gasteiger charge is 2.17. The van der Waals surface area contributed by atoms with Crippen LogP contribution in [0.4, 0.5) is 4.39 Å². The molecule has 0 saturated carbocycles. The smallest absolute Gasteiger partial charge is 0.230 e. The quantitative estimate of drug-likeness (QED) is 0.691. The van der Waals surface area contributed by atoms with Gasteiger partial charge in [0.05, 0.1) is 24.8 Å². The molecule has 27 heavy (non-hydrogen) atoms. The molecule has 0 unspecified atom stereocenters. The number of carbonyl (C=O) groups excluding carboxylic acids is 1. The highest BCUT2D eigenvalue weighted by molar-refractivity contribution is 5.78. The fourth-order valence-electron chi connectivity index (χ4n) is 2.78. The molecule has 3 rings (SSSR count). The van der Waals surface area contributed by atoms with Crippen molar-refractivity contribution in [2.45, 2.75) is 19.8 Å². The number of nitrogens with zero attached hydrogens (tertiary/aromatic N) is 1. The normalized spacial score (nSPS) is 10.6. The van der Waals surface area contributed by atoms with E-state index >= 15 is 0 Å². The van der Waals surface area contributed by atoms with Crippen LogP contribution in [-0.4, -0.2) is 24.5 Å². The van der Waals surface area contributed by atoms with Gasteiger partial charge in [-0.05, 0) is 37.1 Å². The summed E-state index contributed by atoms with van der Waals surface area (Å²) in [6.07, 6.45) is 0.532. The summed E-state index contributed by atoms with van der Waals surface area (Å²) < 4.78 is 24.6. The molecule has 1 N–H and O–H groups in total. The van der Waals surface area contributed by atoms with E-state index in [0.29, 0.717) is 41.6 Å². The summed E-state index contributed by atoms with van der Waals surface area (Å²) in [5.74, 6) is 1.20. The molecule has 0 fully saturated rings. The molecule has 3 aromatic rings. The van der Waals surface area contributed by atoms with E-state index in [9.17, 15) is 9.18 Å². The molecule has 0 radical (unpaired) electrons. The molecule has 0 aliphatic carbocycles. The lowest BCUT2D eigenvalue weighted by Gasteiger charge is -2.05. The van der Waals surface area contributed by atoms with Gasteiger partial charge in [-0.1, -0.05) is 30.3 Å². The fourth-order valence-corrected chi connectivity index (χ4v) is 2.78. The molecule has 6 heteroatoms. The SMILES string of the molecule is COc1ccccc1-c1nc(CC(=O)NCCc2ccccc2F)c(C)o1. The van der Waals surface area contributed by atoms with Gasteiger partial charge in [-0.2, -0.15) is 0 Å². The van der Waals surface area contributed by atoms with E-state index in [1.54, 1.807) is 32.2 Å². The zero-order chi connectivity index (χ0) is 19.2. The highest BCUT2D eigenvalue weighted by Crippen LogP contribution is 2.30. The van der Waals surface area contributed by atoms with Crippen molar-refractivity contribution < 1.29 is 18.3 Å². The van der Waals surface area contributed by atoms with Crippen molar-refractivity contribution in [3.63, 3.8) is 0 Å². The summed E-state index contributed by atoms with van der Waals surface area (Å²) in [7, 11) is 1.58. The number of nitrogens with one attached hydrogen (secondary N) is 1. The molecule has 0 saturated heterocycles. The maximum absolute atomic E-state index is 13.6. The van der Waals surface area contributed by atoms with Crippen LogP contribution in [0.15, 0.2) is 52.9 Å². The molecule has 1 heterocycles. The van der Waals surface area contributed by atoms with Crippen LogP contribution in [0.5, 0.6) is 5.75 Å². The lowest BCUT2D eigenvalue weighted by Crippen LogP contribution is -2.27. The van der Waals surface area contributed by atoms with Crippen LogP contribution in [0, 0.1) is 12.7 Å². The van der Waals surface area contributed by atoms with Gasteiger partial charge in [-0.15, -0.1) is 0 Å². The second kappa shape index (κ2) is 8.49. The molecular weight excluding hydrogens is 347 g/mol. The van der Waals surface area contributed by atoms with Crippen molar-refractivity contribution in [2.24, 2.45) is 0 Å². The van der Waals surface area contributed by atoms with Gasteiger partial charge < -0.3 is 14.5 Å². The average Bonchev–Trinajstić information content (AvgIpc) is 3.03. The maximum Gasteiger partial charge on any atom is 0.230 e. The summed E-state index contributed by atoms with van der Waals surface area (Å²) in [6, 6.07) is 13.9. The molecule has 2 aromatic carbocycles. The minimum atomic E-state index is -0.263. The molecule has 0 spiro atoms. The summed E-state index contributed by atoms with van der Waals surface area (Å²) in [5, 5.41) is 2.79. The maximum atomic E-state index is 13.6. The minimum absolute atomic E-state index is 0.0990. The van der Waals surface area contributed by atoms with Crippen molar-refractivity contribution in [1.82, 2.24) is 10.3 Å². The minimum Gasteiger partial charge on any atom is -0.496 e. The second-order valence-electron chi connectivity index (χ2n) is 6.09. The third-order valence-electron chi connectivity index (χ3n) is 4.23. The predicted molar refractivity (Wildman–Crippen MR) is 100 cm³/mol. The molecular formula is C21H21FN2O3. The summed E-state index contributed by atoms with van der Waals surface area (Å²) >= 11 is 0. The van der Waals surface area contributed by atoms with Gasteiger partial charge in [-0.25, -0.2) is 9.37 Å². The van der Waals surface area contributed by atoms with Crippen molar-refractivity contribution in [3.8, 4) is 17.2 Å². The Morgan fingerprint density at radius 3 is 2.70 bits per heavy atom. The molecule has 140 valence electrons. The average molecular weight is 368 g/mol. The lowest BCUT2D eigenvalue weighted by molar-refractivity contribution is -0.120. The van der Waals surface area contributed by atoms with Gasteiger partial charge in [0.15, 0.2) is 0 Å². The van der Waals surface area contributed by atoms with Crippen LogP contribution in [0.2, 0.25) is 0 Å². The Kier molecular flexibility index (Phi) is 5.86. The highest BCUT2D eigenvalue weighted by atomic mass is 19.1. The number of rotatable bonds is 7. The number of hydrogen-bond acceptors (Lipinski definition) is 4. The van der Waals surface area contributed by atoms with Crippen molar-refractivity contribution in [3.05, 3.63) is 71.4 Å². The van der Waals surface area contributed by atoms with E-state index in [1.165, 1.54) is 6.07 Å². The first-order valence-corrected chi connectivity index (χ1v) is 8.68. The number of oxazole rings is 1. The summed E-state index contributed by atoms with van der Waals surface area (Å²) in [5.41, 5.74) is 1.88. The van der Waals surface area contributed by atoms with E-state index in [-0.39, 0.29) is 18.1 Å².